The van der Waals surface area contributed by atoms with Gasteiger partial charge in [0.15, 0.2) is 11.6 Å². The summed E-state index contributed by atoms with van der Waals surface area (Å²) in [5, 5.41) is 0. The molecule has 0 saturated carbocycles. The number of benzene rings is 1. The SMILES string of the molecule is COc1ccc(F)c(F)c1C(N)CC(N)=O. The third-order valence-electron chi connectivity index (χ3n) is 2.10. The van der Waals surface area contributed by atoms with E-state index in [4.69, 9.17) is 16.2 Å². The minimum atomic E-state index is -1.12. The molecular weight excluding hydrogens is 218 g/mol. The first-order chi connectivity index (χ1) is 7.47. The van der Waals surface area contributed by atoms with E-state index in [-0.39, 0.29) is 17.7 Å². The van der Waals surface area contributed by atoms with Crippen LogP contribution in [0.4, 0.5) is 8.78 Å². The van der Waals surface area contributed by atoms with Crippen molar-refractivity contribution in [1.29, 1.82) is 0 Å². The van der Waals surface area contributed by atoms with Crippen LogP contribution in [0.1, 0.15) is 18.0 Å². The Bertz CT molecular complexity index is 410. The Morgan fingerprint density at radius 3 is 2.62 bits per heavy atom. The molecule has 0 heterocycles. The van der Waals surface area contributed by atoms with Gasteiger partial charge in [-0.15, -0.1) is 0 Å². The van der Waals surface area contributed by atoms with Crippen LogP contribution in [-0.4, -0.2) is 13.0 Å². The molecule has 0 bridgehead atoms. The van der Waals surface area contributed by atoms with Gasteiger partial charge in [0.2, 0.25) is 5.91 Å². The highest BCUT2D eigenvalue weighted by molar-refractivity contribution is 5.74. The molecule has 16 heavy (non-hydrogen) atoms. The van der Waals surface area contributed by atoms with Crippen molar-refractivity contribution >= 4 is 5.91 Å². The van der Waals surface area contributed by atoms with E-state index in [2.05, 4.69) is 0 Å². The van der Waals surface area contributed by atoms with Gasteiger partial charge >= 0.3 is 0 Å². The summed E-state index contributed by atoms with van der Waals surface area (Å²) in [5.41, 5.74) is 10.3. The maximum absolute atomic E-state index is 13.5. The maximum atomic E-state index is 13.5. The molecular formula is C10H12F2N2O2. The summed E-state index contributed by atoms with van der Waals surface area (Å²) in [6.45, 7) is 0. The second-order valence-electron chi connectivity index (χ2n) is 3.25. The van der Waals surface area contributed by atoms with E-state index < -0.39 is 23.6 Å². The summed E-state index contributed by atoms with van der Waals surface area (Å²) in [4.78, 5) is 10.7. The average molecular weight is 230 g/mol. The first-order valence-electron chi connectivity index (χ1n) is 4.53. The van der Waals surface area contributed by atoms with Crippen LogP contribution in [-0.2, 0) is 4.79 Å². The van der Waals surface area contributed by atoms with Gasteiger partial charge in [-0.2, -0.15) is 0 Å². The predicted octanol–water partition coefficient (Wildman–Crippen LogP) is 0.849. The van der Waals surface area contributed by atoms with E-state index in [9.17, 15) is 13.6 Å². The fourth-order valence-electron chi connectivity index (χ4n) is 1.39. The number of carbonyl (C=O) groups is 1. The fourth-order valence-corrected chi connectivity index (χ4v) is 1.39. The molecule has 1 rings (SSSR count). The Labute approximate surface area is 91.2 Å². The molecule has 0 radical (unpaired) electrons. The number of carbonyl (C=O) groups excluding carboxylic acids is 1. The molecule has 1 atom stereocenters. The molecule has 0 aliphatic carbocycles. The number of amides is 1. The highest BCUT2D eigenvalue weighted by Gasteiger charge is 2.21. The summed E-state index contributed by atoms with van der Waals surface area (Å²) >= 11 is 0. The molecule has 0 aliphatic heterocycles. The Morgan fingerprint density at radius 1 is 1.50 bits per heavy atom. The number of ether oxygens (including phenoxy) is 1. The quantitative estimate of drug-likeness (QED) is 0.804. The van der Waals surface area contributed by atoms with Crippen molar-refractivity contribution in [3.63, 3.8) is 0 Å². The minimum Gasteiger partial charge on any atom is -0.496 e. The summed E-state index contributed by atoms with van der Waals surface area (Å²) < 4.78 is 31.3. The zero-order chi connectivity index (χ0) is 12.3. The lowest BCUT2D eigenvalue weighted by Crippen LogP contribution is -2.22. The lowest BCUT2D eigenvalue weighted by Gasteiger charge is -2.15. The molecule has 4 N–H and O–H groups in total. The summed E-state index contributed by atoms with van der Waals surface area (Å²) in [7, 11) is 1.30. The van der Waals surface area contributed by atoms with Crippen LogP contribution in [0.3, 0.4) is 0 Å². The third-order valence-corrected chi connectivity index (χ3v) is 2.10. The topological polar surface area (TPSA) is 78.3 Å². The van der Waals surface area contributed by atoms with Gasteiger partial charge in [-0.25, -0.2) is 8.78 Å². The van der Waals surface area contributed by atoms with Crippen LogP contribution in [0.25, 0.3) is 0 Å². The van der Waals surface area contributed by atoms with Crippen LogP contribution < -0.4 is 16.2 Å². The van der Waals surface area contributed by atoms with Crippen molar-refractivity contribution in [1.82, 2.24) is 0 Å². The summed E-state index contributed by atoms with van der Waals surface area (Å²) in [6, 6.07) is 1.15. The van der Waals surface area contributed by atoms with Crippen LogP contribution in [0.15, 0.2) is 12.1 Å². The fraction of sp³-hybridized carbons (Fsp3) is 0.300. The number of rotatable bonds is 4. The van der Waals surface area contributed by atoms with Crippen molar-refractivity contribution in [3.05, 3.63) is 29.3 Å². The molecule has 0 fully saturated rings. The van der Waals surface area contributed by atoms with Gasteiger partial charge in [0.1, 0.15) is 5.75 Å². The number of nitrogens with two attached hydrogens (primary N) is 2. The van der Waals surface area contributed by atoms with E-state index in [1.54, 1.807) is 0 Å². The van der Waals surface area contributed by atoms with Crippen molar-refractivity contribution in [2.24, 2.45) is 11.5 Å². The third kappa shape index (κ3) is 2.46. The molecule has 4 nitrogen and oxygen atoms in total. The van der Waals surface area contributed by atoms with Crippen LogP contribution >= 0.6 is 0 Å². The van der Waals surface area contributed by atoms with Gasteiger partial charge in [0, 0.05) is 12.5 Å². The van der Waals surface area contributed by atoms with Gasteiger partial charge in [0.05, 0.1) is 12.7 Å². The Kier molecular flexibility index (Phi) is 3.78. The predicted molar refractivity (Wildman–Crippen MR) is 53.6 cm³/mol. The van der Waals surface area contributed by atoms with E-state index in [1.165, 1.54) is 13.2 Å². The van der Waals surface area contributed by atoms with Crippen LogP contribution in [0, 0.1) is 11.6 Å². The van der Waals surface area contributed by atoms with E-state index in [1.807, 2.05) is 0 Å². The molecule has 0 aromatic heterocycles. The number of hydrogen-bond acceptors (Lipinski definition) is 3. The van der Waals surface area contributed by atoms with E-state index >= 15 is 0 Å². The highest BCUT2D eigenvalue weighted by atomic mass is 19.2. The van der Waals surface area contributed by atoms with Gasteiger partial charge in [0.25, 0.3) is 0 Å². The Hall–Kier alpha value is -1.69. The Morgan fingerprint density at radius 2 is 2.12 bits per heavy atom. The molecule has 6 heteroatoms. The molecule has 1 amide bonds. The minimum absolute atomic E-state index is 0.0904. The van der Waals surface area contributed by atoms with Crippen molar-refractivity contribution in [2.75, 3.05) is 7.11 Å². The number of hydrogen-bond donors (Lipinski definition) is 2. The Balaban J connectivity index is 3.18. The zero-order valence-corrected chi connectivity index (χ0v) is 8.67. The van der Waals surface area contributed by atoms with Crippen molar-refractivity contribution in [2.45, 2.75) is 12.5 Å². The molecule has 88 valence electrons. The largest absolute Gasteiger partial charge is 0.496 e. The van der Waals surface area contributed by atoms with Gasteiger partial charge in [-0.05, 0) is 12.1 Å². The first-order valence-corrected chi connectivity index (χ1v) is 4.53. The summed E-state index contributed by atoms with van der Waals surface area (Å²) in [5.74, 6) is -2.77. The van der Waals surface area contributed by atoms with E-state index in [0.717, 1.165) is 6.07 Å². The monoisotopic (exact) mass is 230 g/mol. The van der Waals surface area contributed by atoms with Gasteiger partial charge < -0.3 is 16.2 Å². The maximum Gasteiger partial charge on any atom is 0.219 e. The van der Waals surface area contributed by atoms with Crippen molar-refractivity contribution in [3.8, 4) is 5.75 Å². The lowest BCUT2D eigenvalue weighted by atomic mass is 10.0. The van der Waals surface area contributed by atoms with E-state index in [0.29, 0.717) is 0 Å². The van der Waals surface area contributed by atoms with Gasteiger partial charge in [-0.3, -0.25) is 4.79 Å². The zero-order valence-electron chi connectivity index (χ0n) is 8.67. The smallest absolute Gasteiger partial charge is 0.219 e. The lowest BCUT2D eigenvalue weighted by molar-refractivity contribution is -0.118. The molecule has 0 aliphatic rings. The number of halogens is 2. The molecule has 1 aromatic carbocycles. The van der Waals surface area contributed by atoms with Crippen LogP contribution in [0.2, 0.25) is 0 Å². The summed E-state index contributed by atoms with van der Waals surface area (Å²) in [6.07, 6.45) is -0.281. The van der Waals surface area contributed by atoms with Gasteiger partial charge in [-0.1, -0.05) is 0 Å². The van der Waals surface area contributed by atoms with Crippen molar-refractivity contribution < 1.29 is 18.3 Å². The van der Waals surface area contributed by atoms with Crippen LogP contribution in [0.5, 0.6) is 5.75 Å². The molecule has 1 aromatic rings. The molecule has 0 spiro atoms. The average Bonchev–Trinajstić information content (AvgIpc) is 2.20. The number of primary amides is 1. The highest BCUT2D eigenvalue weighted by Crippen LogP contribution is 2.29. The normalized spacial score (nSPS) is 12.2. The standard InChI is InChI=1S/C10H12F2N2O2/c1-16-7-3-2-5(11)10(12)9(7)6(13)4-8(14)15/h2-3,6H,4,13H2,1H3,(H2,14,15). The second kappa shape index (κ2) is 4.89. The molecule has 0 saturated heterocycles. The first kappa shape index (κ1) is 12.4. The number of methoxy groups -OCH3 is 1. The second-order valence-corrected chi connectivity index (χ2v) is 3.25. The molecule has 1 unspecified atom stereocenters.